The lowest BCUT2D eigenvalue weighted by atomic mass is 10.1. The van der Waals surface area contributed by atoms with E-state index in [0.717, 1.165) is 10.8 Å². The van der Waals surface area contributed by atoms with Crippen molar-refractivity contribution in [1.29, 1.82) is 0 Å². The number of amides is 1. The fourth-order valence-electron chi connectivity index (χ4n) is 4.33. The second kappa shape index (κ2) is 8.71. The molecular formula is C24H25N5O4S. The zero-order valence-electron chi connectivity index (χ0n) is 18.6. The Morgan fingerprint density at radius 2 is 1.62 bits per heavy atom. The molecule has 9 nitrogen and oxygen atoms in total. The summed E-state index contributed by atoms with van der Waals surface area (Å²) in [6, 6.07) is 17.6. The largest absolute Gasteiger partial charge is 0.325 e. The molecule has 2 heterocycles. The molecule has 0 bridgehead atoms. The summed E-state index contributed by atoms with van der Waals surface area (Å²) in [5.74, 6) is -0.192. The van der Waals surface area contributed by atoms with E-state index in [-0.39, 0.29) is 16.5 Å². The molecule has 3 N–H and O–H groups in total. The molecule has 1 amide bonds. The normalized spacial score (nSPS) is 16.6. The third-order valence-corrected chi connectivity index (χ3v) is 8.24. The van der Waals surface area contributed by atoms with Crippen LogP contribution in [0.25, 0.3) is 21.8 Å². The zero-order valence-corrected chi connectivity index (χ0v) is 19.4. The van der Waals surface area contributed by atoms with Gasteiger partial charge in [0.25, 0.3) is 0 Å². The third kappa shape index (κ3) is 4.23. The molecule has 0 saturated carbocycles. The minimum Gasteiger partial charge on any atom is -0.325 e. The van der Waals surface area contributed by atoms with E-state index < -0.39 is 16.1 Å². The highest BCUT2D eigenvalue weighted by Crippen LogP contribution is 2.23. The van der Waals surface area contributed by atoms with Crippen LogP contribution in [0.5, 0.6) is 0 Å². The van der Waals surface area contributed by atoms with E-state index in [1.807, 2.05) is 35.2 Å². The van der Waals surface area contributed by atoms with Crippen LogP contribution in [0.3, 0.4) is 0 Å². The van der Waals surface area contributed by atoms with Gasteiger partial charge < -0.3 is 15.3 Å². The number of imidazole rings is 1. The number of anilines is 1. The number of carbonyl (C=O) groups is 1. The number of rotatable bonds is 5. The van der Waals surface area contributed by atoms with Gasteiger partial charge in [0.1, 0.15) is 0 Å². The van der Waals surface area contributed by atoms with Gasteiger partial charge in [-0.25, -0.2) is 13.2 Å². The van der Waals surface area contributed by atoms with Gasteiger partial charge >= 0.3 is 5.69 Å². The van der Waals surface area contributed by atoms with Crippen LogP contribution >= 0.6 is 0 Å². The Labute approximate surface area is 196 Å². The van der Waals surface area contributed by atoms with E-state index in [9.17, 15) is 18.0 Å². The fraction of sp³-hybridized carbons (Fsp3) is 0.250. The van der Waals surface area contributed by atoms with E-state index in [2.05, 4.69) is 15.3 Å². The number of hydrogen-bond acceptors (Lipinski definition) is 5. The molecule has 0 aliphatic carbocycles. The Hall–Kier alpha value is -3.47. The van der Waals surface area contributed by atoms with Gasteiger partial charge in [0.15, 0.2) is 0 Å². The summed E-state index contributed by atoms with van der Waals surface area (Å²) in [6.07, 6.45) is 0. The summed E-state index contributed by atoms with van der Waals surface area (Å²) in [5, 5.41) is 4.75. The molecule has 10 heteroatoms. The van der Waals surface area contributed by atoms with E-state index in [0.29, 0.717) is 42.9 Å². The SMILES string of the molecule is C[C@@H](C(=O)Nc1ccc2[nH]c(=O)[nH]c2c1)N1CCN(S(=O)(=O)c2ccc3ccccc3c2)CC1. The molecule has 1 aromatic heterocycles. The average molecular weight is 480 g/mol. The number of hydrogen-bond donors (Lipinski definition) is 3. The number of carbonyl (C=O) groups excluding carboxylic acids is 1. The first kappa shape index (κ1) is 22.3. The number of aromatic nitrogens is 2. The minimum atomic E-state index is -3.62. The topological polar surface area (TPSA) is 118 Å². The Bertz CT molecular complexity index is 1530. The smallest absolute Gasteiger partial charge is 0.323 e. The van der Waals surface area contributed by atoms with Crippen LogP contribution in [0.4, 0.5) is 5.69 Å². The lowest BCUT2D eigenvalue weighted by molar-refractivity contribution is -0.121. The molecule has 1 saturated heterocycles. The molecule has 0 unspecified atom stereocenters. The maximum atomic E-state index is 13.2. The lowest BCUT2D eigenvalue weighted by Gasteiger charge is -2.36. The van der Waals surface area contributed by atoms with Crippen LogP contribution in [0.1, 0.15) is 6.92 Å². The van der Waals surface area contributed by atoms with Gasteiger partial charge in [0.05, 0.1) is 22.0 Å². The van der Waals surface area contributed by atoms with Gasteiger partial charge in [0, 0.05) is 31.9 Å². The number of H-pyrrole nitrogens is 2. The summed E-state index contributed by atoms with van der Waals surface area (Å²) >= 11 is 0. The summed E-state index contributed by atoms with van der Waals surface area (Å²) in [5.41, 5.74) is 1.56. The van der Waals surface area contributed by atoms with Crippen LogP contribution in [0, 0.1) is 0 Å². The van der Waals surface area contributed by atoms with Crippen molar-refractivity contribution in [3.8, 4) is 0 Å². The van der Waals surface area contributed by atoms with E-state index in [4.69, 9.17) is 0 Å². The Morgan fingerprint density at radius 3 is 2.38 bits per heavy atom. The molecule has 3 aromatic carbocycles. The van der Waals surface area contributed by atoms with E-state index in [1.54, 1.807) is 37.3 Å². The maximum Gasteiger partial charge on any atom is 0.323 e. The van der Waals surface area contributed by atoms with Crippen LogP contribution in [-0.4, -0.2) is 65.7 Å². The number of fused-ring (bicyclic) bond motifs is 2. The van der Waals surface area contributed by atoms with Crippen molar-refractivity contribution in [2.24, 2.45) is 0 Å². The van der Waals surface area contributed by atoms with Crippen LogP contribution in [0.2, 0.25) is 0 Å². The van der Waals surface area contributed by atoms with Crippen molar-refractivity contribution in [3.63, 3.8) is 0 Å². The second-order valence-corrected chi connectivity index (χ2v) is 10.4. The molecule has 0 spiro atoms. The van der Waals surface area contributed by atoms with Crippen LogP contribution in [0.15, 0.2) is 70.4 Å². The number of benzene rings is 3. The average Bonchev–Trinajstić information content (AvgIpc) is 3.22. The number of sulfonamides is 1. The van der Waals surface area contributed by atoms with Crippen molar-refractivity contribution >= 4 is 43.4 Å². The molecular weight excluding hydrogens is 454 g/mol. The molecule has 1 aliphatic rings. The van der Waals surface area contributed by atoms with Crippen molar-refractivity contribution in [1.82, 2.24) is 19.2 Å². The quantitative estimate of drug-likeness (QED) is 0.406. The third-order valence-electron chi connectivity index (χ3n) is 6.34. The summed E-state index contributed by atoms with van der Waals surface area (Å²) in [4.78, 5) is 31.8. The summed E-state index contributed by atoms with van der Waals surface area (Å²) in [6.45, 7) is 3.32. The molecule has 176 valence electrons. The number of nitrogens with zero attached hydrogens (tertiary/aromatic N) is 2. The van der Waals surface area contributed by atoms with Crippen LogP contribution < -0.4 is 11.0 Å². The number of nitrogens with one attached hydrogen (secondary N) is 3. The highest BCUT2D eigenvalue weighted by Gasteiger charge is 2.32. The van der Waals surface area contributed by atoms with E-state index >= 15 is 0 Å². The van der Waals surface area contributed by atoms with Crippen molar-refractivity contribution in [2.45, 2.75) is 17.9 Å². The predicted octanol–water partition coefficient (Wildman–Crippen LogP) is 2.34. The minimum absolute atomic E-state index is 0.192. The number of piperazine rings is 1. The highest BCUT2D eigenvalue weighted by molar-refractivity contribution is 7.89. The molecule has 4 aromatic rings. The Morgan fingerprint density at radius 1 is 0.912 bits per heavy atom. The van der Waals surface area contributed by atoms with Gasteiger partial charge in [-0.05, 0) is 48.0 Å². The fourth-order valence-corrected chi connectivity index (χ4v) is 5.79. The van der Waals surface area contributed by atoms with Gasteiger partial charge in [-0.15, -0.1) is 0 Å². The van der Waals surface area contributed by atoms with Crippen molar-refractivity contribution < 1.29 is 13.2 Å². The molecule has 1 aliphatic heterocycles. The predicted molar refractivity (Wildman–Crippen MR) is 131 cm³/mol. The lowest BCUT2D eigenvalue weighted by Crippen LogP contribution is -2.53. The van der Waals surface area contributed by atoms with Crippen molar-refractivity contribution in [2.75, 3.05) is 31.5 Å². The van der Waals surface area contributed by atoms with Gasteiger partial charge in [0.2, 0.25) is 15.9 Å². The Balaban J connectivity index is 1.23. The molecule has 1 fully saturated rings. The molecule has 34 heavy (non-hydrogen) atoms. The molecule has 0 radical (unpaired) electrons. The first-order valence-corrected chi connectivity index (χ1v) is 12.5. The monoisotopic (exact) mass is 479 g/mol. The van der Waals surface area contributed by atoms with Gasteiger partial charge in [-0.2, -0.15) is 4.31 Å². The number of aromatic amines is 2. The summed E-state index contributed by atoms with van der Waals surface area (Å²) in [7, 11) is -3.62. The highest BCUT2D eigenvalue weighted by atomic mass is 32.2. The van der Waals surface area contributed by atoms with Crippen LogP contribution in [-0.2, 0) is 14.8 Å². The zero-order chi connectivity index (χ0) is 23.9. The van der Waals surface area contributed by atoms with Gasteiger partial charge in [-0.3, -0.25) is 9.69 Å². The van der Waals surface area contributed by atoms with Crippen molar-refractivity contribution in [3.05, 3.63) is 71.1 Å². The standard InChI is InChI=1S/C24H25N5O4S/c1-16(23(30)25-19-7-9-21-22(15-19)27-24(31)26-21)28-10-12-29(13-11-28)34(32,33)20-8-6-17-4-2-3-5-18(17)14-20/h2-9,14-16H,10-13H2,1H3,(H,25,30)(H2,26,27,31)/t16-/m0/s1. The summed E-state index contributed by atoms with van der Waals surface area (Å²) < 4.78 is 27.9. The second-order valence-electron chi connectivity index (χ2n) is 8.45. The van der Waals surface area contributed by atoms with Gasteiger partial charge in [-0.1, -0.05) is 30.3 Å². The Kier molecular flexibility index (Phi) is 5.72. The molecule has 1 atom stereocenters. The first-order valence-electron chi connectivity index (χ1n) is 11.1. The first-order chi connectivity index (χ1) is 16.3. The maximum absolute atomic E-state index is 13.2. The van der Waals surface area contributed by atoms with E-state index in [1.165, 1.54) is 4.31 Å². The molecule has 5 rings (SSSR count).